The van der Waals surface area contributed by atoms with E-state index < -0.39 is 0 Å². The highest BCUT2D eigenvalue weighted by molar-refractivity contribution is 5.89. The van der Waals surface area contributed by atoms with Crippen molar-refractivity contribution >= 4 is 11.8 Å². The van der Waals surface area contributed by atoms with E-state index in [2.05, 4.69) is 15.7 Å². The van der Waals surface area contributed by atoms with E-state index in [4.69, 9.17) is 5.26 Å². The molecule has 0 saturated heterocycles. The number of anilines is 1. The van der Waals surface area contributed by atoms with Crippen LogP contribution in [0.5, 0.6) is 0 Å². The van der Waals surface area contributed by atoms with Gasteiger partial charge in [0.1, 0.15) is 5.82 Å². The molecular formula is C10H15N5O. The summed E-state index contributed by atoms with van der Waals surface area (Å²) in [5.41, 5.74) is 0.894. The van der Waals surface area contributed by atoms with Gasteiger partial charge >= 0.3 is 6.03 Å². The number of nitrogens with one attached hydrogen (secondary N) is 2. The van der Waals surface area contributed by atoms with Crippen molar-refractivity contribution in [3.63, 3.8) is 0 Å². The lowest BCUT2D eigenvalue weighted by Gasteiger charge is -2.12. The molecule has 0 bridgehead atoms. The summed E-state index contributed by atoms with van der Waals surface area (Å²) in [7, 11) is 1.75. The van der Waals surface area contributed by atoms with Crippen LogP contribution < -0.4 is 10.6 Å². The summed E-state index contributed by atoms with van der Waals surface area (Å²) in [6.45, 7) is 3.64. The van der Waals surface area contributed by atoms with Gasteiger partial charge in [-0.3, -0.25) is 10.00 Å². The lowest BCUT2D eigenvalue weighted by Crippen LogP contribution is -2.36. The lowest BCUT2D eigenvalue weighted by atomic mass is 10.2. The molecule has 1 unspecified atom stereocenters. The summed E-state index contributed by atoms with van der Waals surface area (Å²) in [5, 5.41) is 17.8. The summed E-state index contributed by atoms with van der Waals surface area (Å²) < 4.78 is 1.59. The molecule has 1 aromatic heterocycles. The Morgan fingerprint density at radius 3 is 2.94 bits per heavy atom. The van der Waals surface area contributed by atoms with Crippen LogP contribution in [0.15, 0.2) is 6.20 Å². The maximum atomic E-state index is 11.5. The Balaban J connectivity index is 2.56. The number of nitriles is 1. The summed E-state index contributed by atoms with van der Waals surface area (Å²) in [6.07, 6.45) is 1.96. The first-order valence-electron chi connectivity index (χ1n) is 4.97. The number of amides is 2. The van der Waals surface area contributed by atoms with Crippen molar-refractivity contribution < 1.29 is 4.79 Å². The highest BCUT2D eigenvalue weighted by Crippen LogP contribution is 2.11. The molecule has 2 amide bonds. The molecule has 1 aromatic rings. The summed E-state index contributed by atoms with van der Waals surface area (Å²) in [5.74, 6) is 0.654. The maximum absolute atomic E-state index is 11.5. The third-order valence-corrected chi connectivity index (χ3v) is 2.13. The number of urea groups is 1. The van der Waals surface area contributed by atoms with Gasteiger partial charge in [-0.1, -0.05) is 0 Å². The first kappa shape index (κ1) is 12.0. The van der Waals surface area contributed by atoms with Crippen LogP contribution in [0.4, 0.5) is 10.6 Å². The molecule has 86 valence electrons. The minimum absolute atomic E-state index is 0.168. The molecule has 1 rings (SSSR count). The third kappa shape index (κ3) is 2.98. The molecule has 0 saturated carbocycles. The van der Waals surface area contributed by atoms with Gasteiger partial charge in [-0.2, -0.15) is 10.4 Å². The van der Waals surface area contributed by atoms with Gasteiger partial charge in [-0.15, -0.1) is 0 Å². The topological polar surface area (TPSA) is 82.7 Å². The van der Waals surface area contributed by atoms with Crippen molar-refractivity contribution in [2.75, 3.05) is 5.32 Å². The van der Waals surface area contributed by atoms with Crippen molar-refractivity contribution in [3.8, 4) is 6.07 Å². The van der Waals surface area contributed by atoms with Gasteiger partial charge in [-0.05, 0) is 13.8 Å². The molecule has 0 aliphatic rings. The lowest BCUT2D eigenvalue weighted by molar-refractivity contribution is 0.249. The molecule has 0 aliphatic carbocycles. The smallest absolute Gasteiger partial charge is 0.320 e. The van der Waals surface area contributed by atoms with Crippen LogP contribution in [0, 0.1) is 18.3 Å². The number of hydrogen-bond acceptors (Lipinski definition) is 3. The largest absolute Gasteiger partial charge is 0.334 e. The minimum Gasteiger partial charge on any atom is -0.334 e. The highest BCUT2D eigenvalue weighted by atomic mass is 16.2. The number of carbonyl (C=O) groups is 1. The number of carbonyl (C=O) groups excluding carboxylic acids is 1. The Hall–Kier alpha value is -2.03. The van der Waals surface area contributed by atoms with Gasteiger partial charge < -0.3 is 5.32 Å². The summed E-state index contributed by atoms with van der Waals surface area (Å²) >= 11 is 0. The molecule has 6 heteroatoms. The van der Waals surface area contributed by atoms with Crippen LogP contribution in [0.25, 0.3) is 0 Å². The monoisotopic (exact) mass is 221 g/mol. The average molecular weight is 221 g/mol. The van der Waals surface area contributed by atoms with Gasteiger partial charge in [0.05, 0.1) is 18.7 Å². The molecule has 0 aliphatic heterocycles. The van der Waals surface area contributed by atoms with Crippen LogP contribution in [-0.2, 0) is 7.05 Å². The zero-order valence-corrected chi connectivity index (χ0v) is 9.61. The Bertz CT molecular complexity index is 398. The molecule has 0 aromatic carbocycles. The maximum Gasteiger partial charge on any atom is 0.320 e. The van der Waals surface area contributed by atoms with Gasteiger partial charge in [-0.25, -0.2) is 4.79 Å². The first-order valence-corrected chi connectivity index (χ1v) is 4.97. The first-order chi connectivity index (χ1) is 7.54. The van der Waals surface area contributed by atoms with Crippen molar-refractivity contribution in [3.05, 3.63) is 11.8 Å². The Morgan fingerprint density at radius 1 is 1.75 bits per heavy atom. The molecule has 1 heterocycles. The SMILES string of the molecule is Cc1cnn(C)c1NC(=O)NC(C)CC#N. The quantitative estimate of drug-likeness (QED) is 0.803. The molecule has 0 spiro atoms. The number of hydrogen-bond donors (Lipinski definition) is 2. The molecule has 6 nitrogen and oxygen atoms in total. The zero-order chi connectivity index (χ0) is 12.1. The zero-order valence-electron chi connectivity index (χ0n) is 9.61. The van der Waals surface area contributed by atoms with Crippen LogP contribution in [0.3, 0.4) is 0 Å². The predicted molar refractivity (Wildman–Crippen MR) is 59.8 cm³/mol. The van der Waals surface area contributed by atoms with Crippen molar-refractivity contribution in [1.29, 1.82) is 5.26 Å². The average Bonchev–Trinajstić information content (AvgIpc) is 2.49. The van der Waals surface area contributed by atoms with Gasteiger partial charge in [0.2, 0.25) is 0 Å². The van der Waals surface area contributed by atoms with E-state index in [0.29, 0.717) is 5.82 Å². The highest BCUT2D eigenvalue weighted by Gasteiger charge is 2.10. The van der Waals surface area contributed by atoms with Crippen LogP contribution in [-0.4, -0.2) is 21.9 Å². The molecule has 2 N–H and O–H groups in total. The number of aromatic nitrogens is 2. The number of rotatable bonds is 3. The summed E-state index contributed by atoms with van der Waals surface area (Å²) in [4.78, 5) is 11.5. The van der Waals surface area contributed by atoms with Crippen LogP contribution in [0.1, 0.15) is 18.9 Å². The number of aryl methyl sites for hydroxylation is 2. The second-order valence-corrected chi connectivity index (χ2v) is 3.66. The fourth-order valence-corrected chi connectivity index (χ4v) is 1.28. The van der Waals surface area contributed by atoms with Gasteiger partial charge in [0, 0.05) is 18.7 Å². The van der Waals surface area contributed by atoms with E-state index in [9.17, 15) is 4.79 Å². The fourth-order valence-electron chi connectivity index (χ4n) is 1.28. The van der Waals surface area contributed by atoms with Crippen LogP contribution in [0.2, 0.25) is 0 Å². The standard InChI is InChI=1S/C10H15N5O/c1-7-6-12-15(3)9(7)14-10(16)13-8(2)4-5-11/h6,8H,4H2,1-3H3,(H2,13,14,16). The normalized spacial score (nSPS) is 11.6. The van der Waals surface area contributed by atoms with E-state index in [1.165, 1.54) is 0 Å². The van der Waals surface area contributed by atoms with E-state index in [-0.39, 0.29) is 18.5 Å². The molecule has 0 radical (unpaired) electrons. The van der Waals surface area contributed by atoms with E-state index in [0.717, 1.165) is 5.56 Å². The molecular weight excluding hydrogens is 206 g/mol. The van der Waals surface area contributed by atoms with Gasteiger partial charge in [0.15, 0.2) is 0 Å². The van der Waals surface area contributed by atoms with E-state index in [1.54, 1.807) is 24.9 Å². The van der Waals surface area contributed by atoms with Gasteiger partial charge in [0.25, 0.3) is 0 Å². The Kier molecular flexibility index (Phi) is 3.89. The second kappa shape index (κ2) is 5.16. The van der Waals surface area contributed by atoms with Crippen molar-refractivity contribution in [2.45, 2.75) is 26.3 Å². The van der Waals surface area contributed by atoms with Crippen molar-refractivity contribution in [2.24, 2.45) is 7.05 Å². The van der Waals surface area contributed by atoms with Crippen LogP contribution >= 0.6 is 0 Å². The van der Waals surface area contributed by atoms with E-state index in [1.807, 2.05) is 13.0 Å². The Morgan fingerprint density at radius 2 is 2.44 bits per heavy atom. The predicted octanol–water partition coefficient (Wildman–Crippen LogP) is 1.15. The van der Waals surface area contributed by atoms with Crippen molar-refractivity contribution in [1.82, 2.24) is 15.1 Å². The minimum atomic E-state index is -0.325. The second-order valence-electron chi connectivity index (χ2n) is 3.66. The fraction of sp³-hybridized carbons (Fsp3) is 0.500. The Labute approximate surface area is 94.2 Å². The molecule has 16 heavy (non-hydrogen) atoms. The third-order valence-electron chi connectivity index (χ3n) is 2.13. The molecule has 1 atom stereocenters. The molecule has 0 fully saturated rings. The van der Waals surface area contributed by atoms with E-state index >= 15 is 0 Å². The summed E-state index contributed by atoms with van der Waals surface area (Å²) in [6, 6.07) is 1.50. The number of nitrogens with zero attached hydrogens (tertiary/aromatic N) is 3.